The Labute approximate surface area is 116 Å². The Kier molecular flexibility index (Phi) is 4.62. The second-order valence-electron chi connectivity index (χ2n) is 3.94. The highest BCUT2D eigenvalue weighted by Crippen LogP contribution is 2.17. The molecule has 6 nitrogen and oxygen atoms in total. The zero-order chi connectivity index (χ0) is 13.7. The van der Waals surface area contributed by atoms with Crippen LogP contribution >= 0.6 is 11.8 Å². The van der Waals surface area contributed by atoms with Crippen molar-refractivity contribution in [1.82, 2.24) is 15.1 Å². The molecule has 19 heavy (non-hydrogen) atoms. The number of hydrogen-bond donors (Lipinski definition) is 2. The molecule has 0 saturated carbocycles. The minimum absolute atomic E-state index is 0.553. The molecular weight excluding hydrogens is 262 g/mol. The molecule has 2 aromatic heterocycles. The van der Waals surface area contributed by atoms with Crippen molar-refractivity contribution < 1.29 is 4.52 Å². The van der Waals surface area contributed by atoms with E-state index in [4.69, 9.17) is 4.52 Å². The van der Waals surface area contributed by atoms with Gasteiger partial charge in [0.1, 0.15) is 11.6 Å². The van der Waals surface area contributed by atoms with E-state index in [1.807, 2.05) is 32.2 Å². The van der Waals surface area contributed by atoms with Gasteiger partial charge in [-0.25, -0.2) is 9.97 Å². The van der Waals surface area contributed by atoms with Crippen LogP contribution in [0.3, 0.4) is 0 Å². The summed E-state index contributed by atoms with van der Waals surface area (Å²) in [6, 6.07) is 3.78. The first-order chi connectivity index (χ1) is 9.21. The van der Waals surface area contributed by atoms with Crippen molar-refractivity contribution in [3.05, 3.63) is 23.6 Å². The maximum Gasteiger partial charge on any atom is 0.191 e. The Bertz CT molecular complexity index is 543. The van der Waals surface area contributed by atoms with Crippen molar-refractivity contribution in [2.75, 3.05) is 23.4 Å². The predicted molar refractivity (Wildman–Crippen MR) is 76.5 cm³/mol. The molecule has 2 N–H and O–H groups in total. The third kappa shape index (κ3) is 3.85. The van der Waals surface area contributed by atoms with E-state index in [0.717, 1.165) is 34.8 Å². The lowest BCUT2D eigenvalue weighted by molar-refractivity contribution is 0.384. The smallest absolute Gasteiger partial charge is 0.191 e. The van der Waals surface area contributed by atoms with Crippen LogP contribution < -0.4 is 10.6 Å². The van der Waals surface area contributed by atoms with Crippen LogP contribution in [0.25, 0.3) is 0 Å². The quantitative estimate of drug-likeness (QED) is 0.621. The number of hydrogen-bond acceptors (Lipinski definition) is 7. The average molecular weight is 279 g/mol. The summed E-state index contributed by atoms with van der Waals surface area (Å²) in [5.41, 5.74) is 0.873. The molecule has 0 spiro atoms. The van der Waals surface area contributed by atoms with Gasteiger partial charge in [0, 0.05) is 18.7 Å². The molecule has 0 aliphatic carbocycles. The molecule has 0 amide bonds. The summed E-state index contributed by atoms with van der Waals surface area (Å²) in [4.78, 5) is 8.76. The number of nitrogens with zero attached hydrogens (tertiary/aromatic N) is 3. The van der Waals surface area contributed by atoms with Gasteiger partial charge in [-0.3, -0.25) is 0 Å². The van der Waals surface area contributed by atoms with E-state index in [1.165, 1.54) is 11.8 Å². The Morgan fingerprint density at radius 3 is 2.53 bits per heavy atom. The van der Waals surface area contributed by atoms with Crippen molar-refractivity contribution in [2.24, 2.45) is 0 Å². The van der Waals surface area contributed by atoms with Crippen molar-refractivity contribution in [2.45, 2.75) is 25.5 Å². The molecule has 0 radical (unpaired) electrons. The highest BCUT2D eigenvalue weighted by atomic mass is 32.2. The zero-order valence-electron chi connectivity index (χ0n) is 11.2. The first-order valence-corrected chi connectivity index (χ1v) is 7.26. The van der Waals surface area contributed by atoms with Crippen molar-refractivity contribution in [3.63, 3.8) is 0 Å². The summed E-state index contributed by atoms with van der Waals surface area (Å²) in [5.74, 6) is 2.37. The fourth-order valence-corrected chi connectivity index (χ4v) is 1.94. The van der Waals surface area contributed by atoms with Crippen LogP contribution in [0.1, 0.15) is 18.4 Å². The topological polar surface area (TPSA) is 75.9 Å². The number of rotatable bonds is 6. The Morgan fingerprint density at radius 1 is 1.21 bits per heavy atom. The van der Waals surface area contributed by atoms with Crippen molar-refractivity contribution in [1.29, 1.82) is 0 Å². The third-order valence-electron chi connectivity index (χ3n) is 2.37. The highest BCUT2D eigenvalue weighted by molar-refractivity contribution is 7.98. The van der Waals surface area contributed by atoms with Gasteiger partial charge < -0.3 is 15.2 Å². The molecule has 0 fully saturated rings. The van der Waals surface area contributed by atoms with Gasteiger partial charge in [-0.1, -0.05) is 16.9 Å². The van der Waals surface area contributed by atoms with Crippen LogP contribution in [0.15, 0.2) is 21.8 Å². The van der Waals surface area contributed by atoms with Crippen molar-refractivity contribution in [3.8, 4) is 0 Å². The van der Waals surface area contributed by atoms with Gasteiger partial charge in [0.2, 0.25) is 0 Å². The van der Waals surface area contributed by atoms with Crippen LogP contribution in [-0.4, -0.2) is 27.9 Å². The number of nitrogens with one attached hydrogen (secondary N) is 2. The molecule has 0 saturated heterocycles. The van der Waals surface area contributed by atoms with Gasteiger partial charge in [-0.2, -0.15) is 0 Å². The molecule has 102 valence electrons. The fraction of sp³-hybridized carbons (Fsp3) is 0.417. The van der Waals surface area contributed by atoms with E-state index in [0.29, 0.717) is 6.54 Å². The lowest BCUT2D eigenvalue weighted by atomic mass is 10.4. The molecular formula is C12H17N5OS. The molecule has 0 bridgehead atoms. The summed E-state index contributed by atoms with van der Waals surface area (Å²) >= 11 is 1.51. The Morgan fingerprint density at radius 2 is 1.95 bits per heavy atom. The number of anilines is 2. The van der Waals surface area contributed by atoms with E-state index >= 15 is 0 Å². The molecule has 2 aromatic rings. The predicted octanol–water partition coefficient (Wildman–Crippen LogP) is 2.54. The van der Waals surface area contributed by atoms with E-state index in [2.05, 4.69) is 25.8 Å². The average Bonchev–Trinajstić information content (AvgIpc) is 2.82. The Hall–Kier alpha value is -1.76. The summed E-state index contributed by atoms with van der Waals surface area (Å²) in [6.45, 7) is 5.31. The monoisotopic (exact) mass is 279 g/mol. The minimum Gasteiger partial charge on any atom is -0.370 e. The van der Waals surface area contributed by atoms with Crippen LogP contribution in [0.2, 0.25) is 0 Å². The highest BCUT2D eigenvalue weighted by Gasteiger charge is 2.05. The molecule has 0 aliphatic rings. The van der Waals surface area contributed by atoms with Crippen LogP contribution in [0, 0.1) is 6.92 Å². The van der Waals surface area contributed by atoms with Crippen molar-refractivity contribution >= 4 is 23.4 Å². The summed E-state index contributed by atoms with van der Waals surface area (Å²) in [5, 5.41) is 11.0. The number of thioether (sulfide) groups is 1. The minimum atomic E-state index is 0.553. The summed E-state index contributed by atoms with van der Waals surface area (Å²) in [7, 11) is 0. The largest absolute Gasteiger partial charge is 0.370 e. The van der Waals surface area contributed by atoms with Gasteiger partial charge in [0.05, 0.1) is 12.2 Å². The molecule has 2 rings (SSSR count). The second kappa shape index (κ2) is 6.42. The standard InChI is InChI=1S/C12H17N5OS/c1-4-13-10-6-11(16-12(15-10)19-3)14-7-9-5-8(2)17-18-9/h5-6H,4,7H2,1-3H3,(H2,13,14,15,16). The molecule has 7 heteroatoms. The van der Waals surface area contributed by atoms with Gasteiger partial charge in [0.25, 0.3) is 0 Å². The molecule has 2 heterocycles. The maximum absolute atomic E-state index is 5.14. The normalized spacial score (nSPS) is 10.5. The number of aromatic nitrogens is 3. The zero-order valence-corrected chi connectivity index (χ0v) is 12.0. The van der Waals surface area contributed by atoms with Crippen LogP contribution in [0.5, 0.6) is 0 Å². The maximum atomic E-state index is 5.14. The SMILES string of the molecule is CCNc1cc(NCc2cc(C)no2)nc(SC)n1. The Balaban J connectivity index is 2.08. The van der Waals surface area contributed by atoms with Gasteiger partial charge >= 0.3 is 0 Å². The molecule has 0 aromatic carbocycles. The van der Waals surface area contributed by atoms with Gasteiger partial charge in [-0.15, -0.1) is 0 Å². The van der Waals surface area contributed by atoms with Gasteiger partial charge in [0.15, 0.2) is 10.9 Å². The molecule has 0 aliphatic heterocycles. The number of aryl methyl sites for hydroxylation is 1. The summed E-state index contributed by atoms with van der Waals surface area (Å²) in [6.07, 6.45) is 1.95. The summed E-state index contributed by atoms with van der Waals surface area (Å²) < 4.78 is 5.14. The second-order valence-corrected chi connectivity index (χ2v) is 4.72. The molecule has 0 atom stereocenters. The van der Waals surface area contributed by atoms with Gasteiger partial charge in [-0.05, 0) is 20.1 Å². The fourth-order valence-electron chi connectivity index (χ4n) is 1.56. The third-order valence-corrected chi connectivity index (χ3v) is 2.91. The van der Waals surface area contributed by atoms with Crippen LogP contribution in [-0.2, 0) is 6.54 Å². The molecule has 0 unspecified atom stereocenters. The van der Waals surface area contributed by atoms with E-state index in [1.54, 1.807) is 0 Å². The van der Waals surface area contributed by atoms with E-state index in [9.17, 15) is 0 Å². The first-order valence-electron chi connectivity index (χ1n) is 6.04. The van der Waals surface area contributed by atoms with Crippen LogP contribution in [0.4, 0.5) is 11.6 Å². The first kappa shape index (κ1) is 13.7. The van der Waals surface area contributed by atoms with E-state index < -0.39 is 0 Å². The van der Waals surface area contributed by atoms with E-state index in [-0.39, 0.29) is 0 Å². The lowest BCUT2D eigenvalue weighted by Gasteiger charge is -2.08. The lowest BCUT2D eigenvalue weighted by Crippen LogP contribution is -2.06.